The highest BCUT2D eigenvalue weighted by molar-refractivity contribution is 6.19. The maximum absolute atomic E-state index is 13.8. The summed E-state index contributed by atoms with van der Waals surface area (Å²) in [5.74, 6) is 1.37. The average Bonchev–Trinajstić information content (AvgIpc) is 3.37. The van der Waals surface area contributed by atoms with Crippen molar-refractivity contribution in [2.75, 3.05) is 50.2 Å². The largest absolute Gasteiger partial charge is 0.506 e. The summed E-state index contributed by atoms with van der Waals surface area (Å²) in [6, 6.07) is 11.0. The lowest BCUT2D eigenvalue weighted by molar-refractivity contribution is 0.0299. The van der Waals surface area contributed by atoms with Crippen molar-refractivity contribution < 1.29 is 24.2 Å². The normalized spacial score (nSPS) is 19.0. The molecule has 2 aromatic carbocycles. The van der Waals surface area contributed by atoms with E-state index in [1.54, 1.807) is 21.9 Å². The minimum Gasteiger partial charge on any atom is -0.506 e. The molecule has 2 fully saturated rings. The minimum atomic E-state index is -0.208. The van der Waals surface area contributed by atoms with Gasteiger partial charge in [0, 0.05) is 53.8 Å². The number of hydrogen-bond donors (Lipinski definition) is 3. The predicted octanol–water partition coefficient (Wildman–Crippen LogP) is 4.99. The number of anilines is 1. The number of carbonyl (C=O) groups excluding carboxylic acids is 2. The van der Waals surface area contributed by atoms with E-state index in [0.29, 0.717) is 73.3 Å². The molecule has 40 heavy (non-hydrogen) atoms. The highest BCUT2D eigenvalue weighted by Crippen LogP contribution is 2.46. The smallest absolute Gasteiger partial charge is 0.274 e. The van der Waals surface area contributed by atoms with Crippen LogP contribution in [0.3, 0.4) is 0 Å². The Morgan fingerprint density at radius 1 is 1.05 bits per heavy atom. The number of rotatable bonds is 7. The Kier molecular flexibility index (Phi) is 6.35. The molecular weight excluding hydrogens is 532 g/mol. The first-order valence-electron chi connectivity index (χ1n) is 13.9. The SMILES string of the molecule is O=C(c1cc2c3c(cc(O)c2[nH]1)N(C(=O)c1cc2cc(OCCC4CC4)ccc2[nH]1)C[C@H]3CCl)N1CCOCC1. The number of fused-ring (bicyclic) bond motifs is 4. The highest BCUT2D eigenvalue weighted by Gasteiger charge is 2.36. The summed E-state index contributed by atoms with van der Waals surface area (Å²) in [7, 11) is 0. The van der Waals surface area contributed by atoms with E-state index in [1.807, 2.05) is 24.3 Å². The van der Waals surface area contributed by atoms with Crippen LogP contribution < -0.4 is 9.64 Å². The number of morpholine rings is 1. The van der Waals surface area contributed by atoms with Gasteiger partial charge >= 0.3 is 0 Å². The molecule has 1 aliphatic carbocycles. The Morgan fingerprint density at radius 3 is 2.62 bits per heavy atom. The third-order valence-corrected chi connectivity index (χ3v) is 8.66. The number of carbonyl (C=O) groups is 2. The van der Waals surface area contributed by atoms with Crippen molar-refractivity contribution in [2.45, 2.75) is 25.2 Å². The minimum absolute atomic E-state index is 0.0209. The topological polar surface area (TPSA) is 111 Å². The van der Waals surface area contributed by atoms with Gasteiger partial charge in [-0.05, 0) is 48.2 Å². The van der Waals surface area contributed by atoms with E-state index in [0.717, 1.165) is 34.6 Å². The lowest BCUT2D eigenvalue weighted by Gasteiger charge is -2.26. The van der Waals surface area contributed by atoms with Gasteiger partial charge in [0.25, 0.3) is 11.8 Å². The summed E-state index contributed by atoms with van der Waals surface area (Å²) < 4.78 is 11.3. The number of H-pyrrole nitrogens is 2. The molecule has 2 aliphatic heterocycles. The van der Waals surface area contributed by atoms with Gasteiger partial charge in [0.2, 0.25) is 0 Å². The standard InChI is InChI=1S/C30H31ClN4O5/c31-15-19-16-35(30(38)23-12-18-11-20(3-4-22(18)32-23)40-8-5-17-1-2-17)25-14-26(36)28-21(27(19)25)13-24(33-28)29(37)34-6-9-39-10-7-34/h3-4,11-14,17,19,32-33,36H,1-2,5-10,15-16H2/t19-/m1/s1. The molecule has 0 radical (unpaired) electrons. The van der Waals surface area contributed by atoms with Gasteiger partial charge < -0.3 is 34.3 Å². The van der Waals surface area contributed by atoms with E-state index in [2.05, 4.69) is 9.97 Å². The molecule has 1 saturated heterocycles. The van der Waals surface area contributed by atoms with Crippen LogP contribution in [0.15, 0.2) is 36.4 Å². The van der Waals surface area contributed by atoms with Crippen molar-refractivity contribution in [1.82, 2.24) is 14.9 Å². The molecule has 3 N–H and O–H groups in total. The molecule has 0 bridgehead atoms. The summed E-state index contributed by atoms with van der Waals surface area (Å²) in [5.41, 5.74) is 3.62. The van der Waals surface area contributed by atoms with Crippen LogP contribution >= 0.6 is 11.6 Å². The molecule has 208 valence electrons. The fraction of sp³-hybridized carbons (Fsp3) is 0.400. The molecule has 2 amide bonds. The zero-order valence-electron chi connectivity index (χ0n) is 22.0. The maximum atomic E-state index is 13.8. The van der Waals surface area contributed by atoms with E-state index in [-0.39, 0.29) is 23.5 Å². The summed E-state index contributed by atoms with van der Waals surface area (Å²) in [4.78, 5) is 36.7. The molecule has 9 nitrogen and oxygen atoms in total. The van der Waals surface area contributed by atoms with Gasteiger partial charge in [-0.3, -0.25) is 9.59 Å². The van der Waals surface area contributed by atoms with Gasteiger partial charge in [-0.2, -0.15) is 0 Å². The predicted molar refractivity (Wildman–Crippen MR) is 153 cm³/mol. The lowest BCUT2D eigenvalue weighted by Crippen LogP contribution is -2.40. The number of benzene rings is 2. The Labute approximate surface area is 236 Å². The average molecular weight is 563 g/mol. The van der Waals surface area contributed by atoms with Crippen LogP contribution in [0.25, 0.3) is 21.8 Å². The molecule has 1 atom stereocenters. The molecule has 4 heterocycles. The van der Waals surface area contributed by atoms with Crippen LogP contribution in [0.1, 0.15) is 51.7 Å². The van der Waals surface area contributed by atoms with Crippen LogP contribution in [-0.2, 0) is 4.74 Å². The maximum Gasteiger partial charge on any atom is 0.274 e. The van der Waals surface area contributed by atoms with Crippen molar-refractivity contribution in [3.63, 3.8) is 0 Å². The molecule has 3 aliphatic rings. The number of phenolic OH excluding ortho intramolecular Hbond substituents is 1. The van der Waals surface area contributed by atoms with Gasteiger partial charge in [-0.25, -0.2) is 0 Å². The monoisotopic (exact) mass is 562 g/mol. The zero-order chi connectivity index (χ0) is 27.4. The second-order valence-electron chi connectivity index (χ2n) is 11.0. The number of phenols is 1. The number of nitrogens with zero attached hydrogens (tertiary/aromatic N) is 2. The van der Waals surface area contributed by atoms with Crippen molar-refractivity contribution in [3.05, 3.63) is 53.3 Å². The number of aromatic hydroxyl groups is 1. The van der Waals surface area contributed by atoms with Gasteiger partial charge in [0.15, 0.2) is 0 Å². The van der Waals surface area contributed by atoms with Gasteiger partial charge in [-0.1, -0.05) is 12.8 Å². The van der Waals surface area contributed by atoms with Crippen LogP contribution in [0.4, 0.5) is 5.69 Å². The lowest BCUT2D eigenvalue weighted by atomic mass is 9.98. The van der Waals surface area contributed by atoms with Crippen molar-refractivity contribution in [1.29, 1.82) is 0 Å². The van der Waals surface area contributed by atoms with Crippen LogP contribution in [-0.4, -0.2) is 77.1 Å². The number of aromatic nitrogens is 2. The third-order valence-electron chi connectivity index (χ3n) is 8.29. The van der Waals surface area contributed by atoms with E-state index in [4.69, 9.17) is 21.1 Å². The fourth-order valence-corrected chi connectivity index (χ4v) is 6.18. The van der Waals surface area contributed by atoms with Crippen molar-refractivity contribution >= 4 is 50.9 Å². The van der Waals surface area contributed by atoms with Gasteiger partial charge in [-0.15, -0.1) is 11.6 Å². The number of halogens is 1. The molecule has 0 unspecified atom stereocenters. The van der Waals surface area contributed by atoms with Crippen LogP contribution in [0.5, 0.6) is 11.5 Å². The fourth-order valence-electron chi connectivity index (χ4n) is 5.93. The first-order chi connectivity index (χ1) is 19.5. The Morgan fingerprint density at radius 2 is 1.85 bits per heavy atom. The molecule has 0 spiro atoms. The molecule has 10 heteroatoms. The highest BCUT2D eigenvalue weighted by atomic mass is 35.5. The number of hydrogen-bond acceptors (Lipinski definition) is 5. The number of aromatic amines is 2. The molecular formula is C30H31ClN4O5. The molecule has 4 aromatic rings. The molecule has 2 aromatic heterocycles. The number of ether oxygens (including phenoxy) is 2. The van der Waals surface area contributed by atoms with Crippen molar-refractivity contribution in [3.8, 4) is 11.5 Å². The number of nitrogens with one attached hydrogen (secondary N) is 2. The van der Waals surface area contributed by atoms with E-state index in [1.165, 1.54) is 12.8 Å². The quantitative estimate of drug-likeness (QED) is 0.275. The van der Waals surface area contributed by atoms with Crippen LogP contribution in [0, 0.1) is 5.92 Å². The first-order valence-corrected chi connectivity index (χ1v) is 14.4. The Bertz CT molecular complexity index is 1620. The van der Waals surface area contributed by atoms with Gasteiger partial charge in [0.05, 0.1) is 31.0 Å². The third kappa shape index (κ3) is 4.47. The van der Waals surface area contributed by atoms with Gasteiger partial charge in [0.1, 0.15) is 22.9 Å². The molecule has 1 saturated carbocycles. The van der Waals surface area contributed by atoms with E-state index < -0.39 is 0 Å². The Balaban J connectivity index is 1.19. The van der Waals surface area contributed by atoms with E-state index >= 15 is 0 Å². The summed E-state index contributed by atoms with van der Waals surface area (Å²) in [5, 5.41) is 12.6. The second-order valence-corrected chi connectivity index (χ2v) is 11.3. The van der Waals surface area contributed by atoms with Crippen LogP contribution in [0.2, 0.25) is 0 Å². The van der Waals surface area contributed by atoms with Crippen molar-refractivity contribution in [2.24, 2.45) is 5.92 Å². The first kappa shape index (κ1) is 25.3. The summed E-state index contributed by atoms with van der Waals surface area (Å²) in [6.07, 6.45) is 3.68. The summed E-state index contributed by atoms with van der Waals surface area (Å²) in [6.45, 7) is 3.11. The number of alkyl halides is 1. The number of amides is 2. The summed E-state index contributed by atoms with van der Waals surface area (Å²) >= 11 is 6.41. The Hall–Kier alpha value is -3.69. The molecule has 7 rings (SSSR count). The zero-order valence-corrected chi connectivity index (χ0v) is 22.8. The van der Waals surface area contributed by atoms with E-state index in [9.17, 15) is 14.7 Å². The second kappa shape index (κ2) is 10.1.